The zero-order chi connectivity index (χ0) is 13.4. The topological polar surface area (TPSA) is 49.5 Å². The number of hydrogen-bond acceptors (Lipinski definition) is 5. The van der Waals surface area contributed by atoms with Gasteiger partial charge in [-0.25, -0.2) is 0 Å². The lowest BCUT2D eigenvalue weighted by molar-refractivity contribution is -0.0300. The monoisotopic (exact) mass is 278 g/mol. The Bertz CT molecular complexity index is 209. The molecule has 0 N–H and O–H groups in total. The summed E-state index contributed by atoms with van der Waals surface area (Å²) in [5, 5.41) is 0. The van der Waals surface area contributed by atoms with Gasteiger partial charge < -0.3 is 22.4 Å². The second-order valence-electron chi connectivity index (χ2n) is 4.11. The summed E-state index contributed by atoms with van der Waals surface area (Å²) in [4.78, 5) is 0. The molecule has 1 saturated heterocycles. The van der Waals surface area contributed by atoms with Gasteiger partial charge in [-0.1, -0.05) is 13.3 Å². The summed E-state index contributed by atoms with van der Waals surface area (Å²) in [6, 6.07) is 0. The minimum absolute atomic E-state index is 0.179. The van der Waals surface area contributed by atoms with Gasteiger partial charge in [0.2, 0.25) is 0 Å². The SMILES string of the molecule is CCCC1OC1CO[Si](OCC)(OCC)OCC. The van der Waals surface area contributed by atoms with Crippen molar-refractivity contribution >= 4 is 9.05 Å². The Morgan fingerprint density at radius 2 is 1.39 bits per heavy atom. The molecule has 0 aromatic rings. The van der Waals surface area contributed by atoms with Crippen molar-refractivity contribution in [2.75, 3.05) is 26.4 Å². The molecule has 6 heteroatoms. The third-order valence-electron chi connectivity index (χ3n) is 2.65. The molecule has 0 bridgehead atoms. The van der Waals surface area contributed by atoms with E-state index in [0.29, 0.717) is 32.5 Å². The fourth-order valence-electron chi connectivity index (χ4n) is 1.83. The molecular formula is C12H26O5Si. The van der Waals surface area contributed by atoms with Crippen LogP contribution in [0.4, 0.5) is 0 Å². The summed E-state index contributed by atoms with van der Waals surface area (Å²) in [7, 11) is -2.95. The maximum atomic E-state index is 5.80. The summed E-state index contributed by atoms with van der Waals surface area (Å²) >= 11 is 0. The Labute approximate surface area is 111 Å². The minimum atomic E-state index is -2.95. The zero-order valence-electron chi connectivity index (χ0n) is 11.9. The molecule has 0 radical (unpaired) electrons. The van der Waals surface area contributed by atoms with Crippen molar-refractivity contribution in [2.45, 2.75) is 52.7 Å². The van der Waals surface area contributed by atoms with Crippen LogP contribution in [0.2, 0.25) is 0 Å². The molecule has 1 fully saturated rings. The Kier molecular flexibility index (Phi) is 7.36. The van der Waals surface area contributed by atoms with E-state index in [9.17, 15) is 0 Å². The van der Waals surface area contributed by atoms with Crippen LogP contribution in [-0.2, 0) is 22.4 Å². The minimum Gasteiger partial charge on any atom is -0.367 e. The molecule has 0 aromatic heterocycles. The van der Waals surface area contributed by atoms with Gasteiger partial charge >= 0.3 is 9.05 Å². The van der Waals surface area contributed by atoms with Crippen LogP contribution in [-0.4, -0.2) is 47.7 Å². The molecule has 0 saturated carbocycles. The Hall–Kier alpha value is 0.0169. The smallest absolute Gasteiger partial charge is 0.367 e. The van der Waals surface area contributed by atoms with Gasteiger partial charge in [-0.2, -0.15) is 0 Å². The van der Waals surface area contributed by atoms with E-state index in [1.165, 1.54) is 0 Å². The molecule has 1 rings (SSSR count). The van der Waals surface area contributed by atoms with Crippen LogP contribution in [0.1, 0.15) is 40.5 Å². The summed E-state index contributed by atoms with van der Waals surface area (Å²) in [5.74, 6) is 0. The maximum absolute atomic E-state index is 5.80. The molecule has 0 amide bonds. The molecule has 2 atom stereocenters. The van der Waals surface area contributed by atoms with Gasteiger partial charge in [-0.15, -0.1) is 0 Å². The van der Waals surface area contributed by atoms with E-state index < -0.39 is 9.05 Å². The molecule has 108 valence electrons. The quantitative estimate of drug-likeness (QED) is 0.428. The number of rotatable bonds is 11. The fraction of sp³-hybridized carbons (Fsp3) is 1.00. The van der Waals surface area contributed by atoms with Gasteiger partial charge in [0.15, 0.2) is 0 Å². The number of hydrogen-bond donors (Lipinski definition) is 0. The summed E-state index contributed by atoms with van der Waals surface area (Å²) in [5.41, 5.74) is 0. The predicted octanol–water partition coefficient (Wildman–Crippen LogP) is 2.12. The van der Waals surface area contributed by atoms with Gasteiger partial charge in [-0.3, -0.25) is 0 Å². The number of ether oxygens (including phenoxy) is 1. The zero-order valence-corrected chi connectivity index (χ0v) is 12.9. The Morgan fingerprint density at radius 3 is 1.83 bits per heavy atom. The Morgan fingerprint density at radius 1 is 0.833 bits per heavy atom. The van der Waals surface area contributed by atoms with Crippen molar-refractivity contribution in [3.63, 3.8) is 0 Å². The standard InChI is InChI=1S/C12H26O5Si/c1-5-9-11-12(17-11)10-16-18(13-6-2,14-7-3)15-8-4/h11-12H,5-10H2,1-4H3. The average Bonchev–Trinajstić information content (AvgIpc) is 3.07. The van der Waals surface area contributed by atoms with Crippen LogP contribution in [0.15, 0.2) is 0 Å². The first-order valence-electron chi connectivity index (χ1n) is 6.92. The van der Waals surface area contributed by atoms with Gasteiger partial charge in [0.25, 0.3) is 0 Å². The van der Waals surface area contributed by atoms with E-state index in [1.807, 2.05) is 20.8 Å². The molecule has 1 heterocycles. The molecular weight excluding hydrogens is 252 g/mol. The van der Waals surface area contributed by atoms with Crippen molar-refractivity contribution < 1.29 is 22.4 Å². The highest BCUT2D eigenvalue weighted by atomic mass is 28.4. The first-order chi connectivity index (χ1) is 8.71. The van der Waals surface area contributed by atoms with Crippen molar-refractivity contribution in [1.82, 2.24) is 0 Å². The molecule has 1 aliphatic heterocycles. The molecule has 18 heavy (non-hydrogen) atoms. The van der Waals surface area contributed by atoms with E-state index in [1.54, 1.807) is 0 Å². The second kappa shape index (κ2) is 8.24. The predicted molar refractivity (Wildman–Crippen MR) is 70.2 cm³/mol. The first-order valence-corrected chi connectivity index (χ1v) is 8.55. The van der Waals surface area contributed by atoms with E-state index in [-0.39, 0.29) is 6.10 Å². The van der Waals surface area contributed by atoms with Crippen LogP contribution < -0.4 is 0 Å². The van der Waals surface area contributed by atoms with E-state index >= 15 is 0 Å². The van der Waals surface area contributed by atoms with Crippen LogP contribution in [0.5, 0.6) is 0 Å². The molecule has 2 unspecified atom stereocenters. The highest BCUT2D eigenvalue weighted by molar-refractivity contribution is 6.53. The van der Waals surface area contributed by atoms with Crippen LogP contribution >= 0.6 is 0 Å². The molecule has 0 aromatic carbocycles. The van der Waals surface area contributed by atoms with Crippen molar-refractivity contribution in [3.8, 4) is 0 Å². The maximum Gasteiger partial charge on any atom is 0.679 e. The van der Waals surface area contributed by atoms with Crippen LogP contribution in [0, 0.1) is 0 Å². The van der Waals surface area contributed by atoms with Gasteiger partial charge in [0.05, 0.1) is 12.7 Å². The summed E-state index contributed by atoms with van der Waals surface area (Å²) in [6.45, 7) is 9.96. The summed E-state index contributed by atoms with van der Waals surface area (Å²) < 4.78 is 28.1. The largest absolute Gasteiger partial charge is 0.679 e. The number of epoxide rings is 1. The molecule has 1 aliphatic rings. The van der Waals surface area contributed by atoms with Gasteiger partial charge in [0, 0.05) is 19.8 Å². The lowest BCUT2D eigenvalue weighted by atomic mass is 10.2. The first kappa shape index (κ1) is 16.1. The van der Waals surface area contributed by atoms with Crippen LogP contribution in [0.3, 0.4) is 0 Å². The van der Waals surface area contributed by atoms with Crippen LogP contribution in [0.25, 0.3) is 0 Å². The Balaban J connectivity index is 2.39. The molecule has 5 nitrogen and oxygen atoms in total. The highest BCUT2D eigenvalue weighted by Gasteiger charge is 2.48. The third kappa shape index (κ3) is 4.95. The van der Waals surface area contributed by atoms with Gasteiger partial charge in [-0.05, 0) is 27.2 Å². The van der Waals surface area contributed by atoms with Crippen molar-refractivity contribution in [2.24, 2.45) is 0 Å². The fourth-order valence-corrected chi connectivity index (χ4v) is 3.76. The second-order valence-corrected chi connectivity index (χ2v) is 6.27. The van der Waals surface area contributed by atoms with Crippen molar-refractivity contribution in [3.05, 3.63) is 0 Å². The molecule has 0 aliphatic carbocycles. The molecule has 0 spiro atoms. The van der Waals surface area contributed by atoms with E-state index in [2.05, 4.69) is 6.92 Å². The van der Waals surface area contributed by atoms with Gasteiger partial charge in [0.1, 0.15) is 6.10 Å². The lowest BCUT2D eigenvalue weighted by Gasteiger charge is -2.26. The van der Waals surface area contributed by atoms with Crippen molar-refractivity contribution in [1.29, 1.82) is 0 Å². The van der Waals surface area contributed by atoms with E-state index in [0.717, 1.165) is 12.8 Å². The average molecular weight is 278 g/mol. The summed E-state index contributed by atoms with van der Waals surface area (Å²) in [6.07, 6.45) is 2.73. The van der Waals surface area contributed by atoms with E-state index in [4.69, 9.17) is 22.4 Å². The third-order valence-corrected chi connectivity index (χ3v) is 5.10. The normalized spacial score (nSPS) is 23.3. The highest BCUT2D eigenvalue weighted by Crippen LogP contribution is 2.28. The lowest BCUT2D eigenvalue weighted by Crippen LogP contribution is -2.50.